The lowest BCUT2D eigenvalue weighted by Crippen LogP contribution is -2.46. The summed E-state index contributed by atoms with van der Waals surface area (Å²) >= 11 is 5.89. The number of benzene rings is 1. The van der Waals surface area contributed by atoms with Gasteiger partial charge >= 0.3 is 0 Å². The van der Waals surface area contributed by atoms with E-state index in [1.807, 2.05) is 0 Å². The summed E-state index contributed by atoms with van der Waals surface area (Å²) in [5.74, 6) is -0.280. The molecule has 0 unspecified atom stereocenters. The highest BCUT2D eigenvalue weighted by Crippen LogP contribution is 2.65. The highest BCUT2D eigenvalue weighted by atomic mass is 35.5. The van der Waals surface area contributed by atoms with Gasteiger partial charge in [-0.15, -0.1) is 0 Å². The average molecular weight is 343 g/mol. The molecule has 6 heteroatoms. The third-order valence-corrected chi connectivity index (χ3v) is 6.20. The maximum absolute atomic E-state index is 12.8. The van der Waals surface area contributed by atoms with Gasteiger partial charge in [-0.3, -0.25) is 19.8 Å². The van der Waals surface area contributed by atoms with Crippen molar-refractivity contribution in [2.24, 2.45) is 35.5 Å². The average Bonchev–Trinajstić information content (AvgIpc) is 3.36. The predicted octanol–water partition coefficient (Wildman–Crippen LogP) is 2.04. The van der Waals surface area contributed by atoms with Gasteiger partial charge in [-0.1, -0.05) is 29.8 Å². The Morgan fingerprint density at radius 2 is 1.71 bits per heavy atom. The summed E-state index contributed by atoms with van der Waals surface area (Å²) in [6.45, 7) is 0. The van der Waals surface area contributed by atoms with Crippen LogP contribution in [0, 0.1) is 35.5 Å². The molecule has 5 nitrogen and oxygen atoms in total. The number of allylic oxidation sites excluding steroid dienone is 2. The molecule has 122 valence electrons. The van der Waals surface area contributed by atoms with E-state index in [2.05, 4.69) is 17.6 Å². The van der Waals surface area contributed by atoms with Crippen molar-refractivity contribution in [1.29, 1.82) is 0 Å². The summed E-state index contributed by atoms with van der Waals surface area (Å²) < 4.78 is 0. The molecule has 6 rings (SSSR count). The summed E-state index contributed by atoms with van der Waals surface area (Å²) in [4.78, 5) is 37.9. The second kappa shape index (κ2) is 4.70. The summed E-state index contributed by atoms with van der Waals surface area (Å²) in [7, 11) is 0. The maximum atomic E-state index is 12.8. The molecule has 5 aliphatic rings. The Labute approximate surface area is 143 Å². The Bertz CT molecular complexity index is 784. The number of hydrogen-bond donors (Lipinski definition) is 1. The smallest absolute Gasteiger partial charge is 0.270 e. The molecule has 1 aromatic rings. The van der Waals surface area contributed by atoms with Crippen LogP contribution in [0.4, 0.5) is 0 Å². The second-order valence-electron chi connectivity index (χ2n) is 7.12. The summed E-state index contributed by atoms with van der Waals surface area (Å²) in [6.07, 6.45) is 5.33. The summed E-state index contributed by atoms with van der Waals surface area (Å²) in [5.41, 5.74) is 2.81. The Morgan fingerprint density at radius 1 is 1.08 bits per heavy atom. The van der Waals surface area contributed by atoms with E-state index in [1.54, 1.807) is 18.2 Å². The molecule has 3 fully saturated rings. The fraction of sp³-hybridized carbons (Fsp3) is 0.389. The normalized spacial score (nSPS) is 38.1. The number of rotatable bonds is 2. The van der Waals surface area contributed by atoms with Gasteiger partial charge in [0.05, 0.1) is 11.8 Å². The minimum atomic E-state index is -0.497. The van der Waals surface area contributed by atoms with E-state index in [0.717, 1.165) is 11.4 Å². The number of imide groups is 1. The molecule has 0 radical (unpaired) electrons. The lowest BCUT2D eigenvalue weighted by atomic mass is 9.63. The molecule has 2 bridgehead atoms. The largest absolute Gasteiger partial charge is 0.272 e. The number of carbonyl (C=O) groups excluding carboxylic acids is 3. The van der Waals surface area contributed by atoms with Crippen molar-refractivity contribution in [1.82, 2.24) is 10.4 Å². The van der Waals surface area contributed by atoms with Gasteiger partial charge in [-0.2, -0.15) is 5.01 Å². The summed E-state index contributed by atoms with van der Waals surface area (Å²) in [5, 5.41) is 1.37. The van der Waals surface area contributed by atoms with Crippen molar-refractivity contribution in [2.45, 2.75) is 6.42 Å². The third kappa shape index (κ3) is 1.79. The Hall–Kier alpha value is -2.14. The molecule has 1 N–H and O–H groups in total. The molecule has 1 aromatic carbocycles. The zero-order valence-corrected chi connectivity index (χ0v) is 13.4. The fourth-order valence-corrected chi connectivity index (χ4v) is 5.05. The monoisotopic (exact) mass is 342 g/mol. The number of carbonyl (C=O) groups is 3. The van der Waals surface area contributed by atoms with Gasteiger partial charge in [0.2, 0.25) is 0 Å². The number of amides is 3. The molecule has 24 heavy (non-hydrogen) atoms. The van der Waals surface area contributed by atoms with Gasteiger partial charge < -0.3 is 0 Å². The minimum absolute atomic E-state index is 0.148. The van der Waals surface area contributed by atoms with Crippen LogP contribution in [0.2, 0.25) is 5.02 Å². The molecule has 0 spiro atoms. The van der Waals surface area contributed by atoms with Gasteiger partial charge in [0.15, 0.2) is 0 Å². The van der Waals surface area contributed by atoms with Crippen LogP contribution < -0.4 is 5.43 Å². The van der Waals surface area contributed by atoms with Crippen molar-refractivity contribution < 1.29 is 14.4 Å². The van der Waals surface area contributed by atoms with Gasteiger partial charge in [-0.25, -0.2) is 0 Å². The van der Waals surface area contributed by atoms with Gasteiger partial charge in [0.25, 0.3) is 17.7 Å². The number of nitrogens with zero attached hydrogens (tertiary/aromatic N) is 1. The van der Waals surface area contributed by atoms with Crippen molar-refractivity contribution in [3.8, 4) is 0 Å². The molecule has 3 amide bonds. The zero-order chi connectivity index (χ0) is 16.6. The van der Waals surface area contributed by atoms with E-state index < -0.39 is 5.91 Å². The first-order valence-electron chi connectivity index (χ1n) is 8.19. The number of halogens is 1. The molecular weight excluding hydrogens is 328 g/mol. The van der Waals surface area contributed by atoms with E-state index in [0.29, 0.717) is 22.4 Å². The Balaban J connectivity index is 1.41. The number of hydrazine groups is 1. The second-order valence-corrected chi connectivity index (χ2v) is 7.55. The van der Waals surface area contributed by atoms with Gasteiger partial charge in [0, 0.05) is 10.6 Å². The third-order valence-electron chi connectivity index (χ3n) is 5.96. The van der Waals surface area contributed by atoms with E-state index in [-0.39, 0.29) is 35.5 Å². The van der Waals surface area contributed by atoms with E-state index in [4.69, 9.17) is 11.6 Å². The summed E-state index contributed by atoms with van der Waals surface area (Å²) in [6, 6.07) is 6.42. The number of nitrogens with one attached hydrogen (secondary N) is 1. The van der Waals surface area contributed by atoms with Crippen molar-refractivity contribution in [3.63, 3.8) is 0 Å². The van der Waals surface area contributed by atoms with Crippen LogP contribution in [0.1, 0.15) is 16.8 Å². The standard InChI is InChI=1S/C18H15ClN2O3/c19-9-3-1-2-8(6-9)16(22)20-21-17(23)14-10-4-5-11(13-7-12(10)13)15(14)18(21)24/h1-6,10-15H,7H2,(H,20,22)/t10-,11+,12-,13-,14+,15-/m1/s1. The van der Waals surface area contributed by atoms with Crippen molar-refractivity contribution in [2.75, 3.05) is 0 Å². The molecule has 1 aliphatic heterocycles. The quantitative estimate of drug-likeness (QED) is 0.660. The Kier molecular flexibility index (Phi) is 2.78. The molecular formula is C18H15ClN2O3. The molecule has 0 aromatic heterocycles. The SMILES string of the molecule is O=C(NN1C(=O)[C@@H]2[C@H]3C=C[C@H]([C@H]4C[C@H]34)[C@@H]2C1=O)c1cccc(Cl)c1. The molecule has 1 saturated heterocycles. The fourth-order valence-electron chi connectivity index (χ4n) is 4.86. The topological polar surface area (TPSA) is 66.5 Å². The lowest BCUT2D eigenvalue weighted by Gasteiger charge is -2.37. The zero-order valence-electron chi connectivity index (χ0n) is 12.7. The lowest BCUT2D eigenvalue weighted by molar-refractivity contribution is -0.143. The van der Waals surface area contributed by atoms with E-state index >= 15 is 0 Å². The molecule has 1 heterocycles. The minimum Gasteiger partial charge on any atom is -0.272 e. The van der Waals surface area contributed by atoms with Crippen LogP contribution in [-0.4, -0.2) is 22.7 Å². The van der Waals surface area contributed by atoms with Gasteiger partial charge in [0.1, 0.15) is 0 Å². The van der Waals surface area contributed by atoms with Crippen molar-refractivity contribution in [3.05, 3.63) is 47.0 Å². The van der Waals surface area contributed by atoms with Crippen LogP contribution in [-0.2, 0) is 9.59 Å². The molecule has 2 saturated carbocycles. The highest BCUT2D eigenvalue weighted by molar-refractivity contribution is 6.31. The predicted molar refractivity (Wildman–Crippen MR) is 85.5 cm³/mol. The van der Waals surface area contributed by atoms with Crippen molar-refractivity contribution >= 4 is 29.3 Å². The van der Waals surface area contributed by atoms with E-state index in [1.165, 1.54) is 6.07 Å². The van der Waals surface area contributed by atoms with E-state index in [9.17, 15) is 14.4 Å². The first-order chi connectivity index (χ1) is 11.6. The van der Waals surface area contributed by atoms with Gasteiger partial charge in [-0.05, 0) is 48.3 Å². The molecule has 4 aliphatic carbocycles. The first-order valence-corrected chi connectivity index (χ1v) is 8.57. The maximum Gasteiger partial charge on any atom is 0.270 e. The molecule has 6 atom stereocenters. The van der Waals surface area contributed by atoms with Crippen LogP contribution >= 0.6 is 11.6 Å². The highest BCUT2D eigenvalue weighted by Gasteiger charge is 2.67. The van der Waals surface area contributed by atoms with Crippen LogP contribution in [0.3, 0.4) is 0 Å². The number of hydrogen-bond acceptors (Lipinski definition) is 3. The van der Waals surface area contributed by atoms with Crippen LogP contribution in [0.5, 0.6) is 0 Å². The Morgan fingerprint density at radius 3 is 2.29 bits per heavy atom. The first kappa shape index (κ1) is 14.2. The van der Waals surface area contributed by atoms with Crippen LogP contribution in [0.15, 0.2) is 36.4 Å². The van der Waals surface area contributed by atoms with Crippen LogP contribution in [0.25, 0.3) is 0 Å².